The van der Waals surface area contributed by atoms with E-state index >= 15 is 0 Å². The summed E-state index contributed by atoms with van der Waals surface area (Å²) in [5.41, 5.74) is 0. The summed E-state index contributed by atoms with van der Waals surface area (Å²) in [5, 5.41) is 12.3. The summed E-state index contributed by atoms with van der Waals surface area (Å²) in [6, 6.07) is 0. The van der Waals surface area contributed by atoms with Gasteiger partial charge in [0.25, 0.3) is 0 Å². The minimum atomic E-state index is -0.224. The smallest absolute Gasteiger partial charge is 0.222 e. The lowest BCUT2D eigenvalue weighted by Crippen LogP contribution is -2.32. The van der Waals surface area contributed by atoms with E-state index in [0.717, 1.165) is 19.3 Å². The van der Waals surface area contributed by atoms with Crippen molar-refractivity contribution < 1.29 is 14.6 Å². The SMILES string of the molecule is COCCC(=O)NCC1CCCC1O. The van der Waals surface area contributed by atoms with Crippen LogP contribution in [0.1, 0.15) is 25.7 Å². The Bertz CT molecular complexity index is 184. The molecule has 14 heavy (non-hydrogen) atoms. The summed E-state index contributed by atoms with van der Waals surface area (Å²) in [7, 11) is 1.58. The molecule has 1 aliphatic rings. The molecule has 82 valence electrons. The molecule has 0 aromatic carbocycles. The molecule has 1 amide bonds. The highest BCUT2D eigenvalue weighted by atomic mass is 16.5. The zero-order valence-corrected chi connectivity index (χ0v) is 8.66. The first kappa shape index (κ1) is 11.5. The largest absolute Gasteiger partial charge is 0.393 e. The van der Waals surface area contributed by atoms with E-state index < -0.39 is 0 Å². The van der Waals surface area contributed by atoms with Crippen molar-refractivity contribution in [2.24, 2.45) is 5.92 Å². The zero-order valence-electron chi connectivity index (χ0n) is 8.66. The van der Waals surface area contributed by atoms with Crippen LogP contribution in [0.5, 0.6) is 0 Å². The topological polar surface area (TPSA) is 58.6 Å². The van der Waals surface area contributed by atoms with Gasteiger partial charge in [-0.2, -0.15) is 0 Å². The van der Waals surface area contributed by atoms with Crippen molar-refractivity contribution in [2.75, 3.05) is 20.3 Å². The van der Waals surface area contributed by atoms with E-state index in [4.69, 9.17) is 4.74 Å². The Labute approximate surface area is 84.6 Å². The van der Waals surface area contributed by atoms with Crippen LogP contribution in [-0.4, -0.2) is 37.4 Å². The Kier molecular flexibility index (Phi) is 4.90. The second kappa shape index (κ2) is 5.98. The average molecular weight is 201 g/mol. The Balaban J connectivity index is 2.10. The summed E-state index contributed by atoms with van der Waals surface area (Å²) in [6.45, 7) is 1.06. The molecule has 0 radical (unpaired) electrons. The second-order valence-electron chi connectivity index (χ2n) is 3.81. The fourth-order valence-electron chi connectivity index (χ4n) is 1.78. The maximum absolute atomic E-state index is 11.2. The number of ether oxygens (including phenoxy) is 1. The van der Waals surface area contributed by atoms with Crippen LogP contribution >= 0.6 is 0 Å². The molecule has 4 heteroatoms. The molecule has 0 heterocycles. The molecule has 0 aromatic rings. The number of nitrogens with one attached hydrogen (secondary N) is 1. The van der Waals surface area contributed by atoms with Crippen LogP contribution in [0.15, 0.2) is 0 Å². The fraction of sp³-hybridized carbons (Fsp3) is 0.900. The van der Waals surface area contributed by atoms with Gasteiger partial charge in [0.15, 0.2) is 0 Å². The Morgan fingerprint density at radius 2 is 2.36 bits per heavy atom. The number of carbonyl (C=O) groups is 1. The molecule has 2 unspecified atom stereocenters. The Hall–Kier alpha value is -0.610. The number of hydrogen-bond acceptors (Lipinski definition) is 3. The van der Waals surface area contributed by atoms with Gasteiger partial charge < -0.3 is 15.2 Å². The third-order valence-corrected chi connectivity index (χ3v) is 2.71. The molecule has 2 atom stereocenters. The van der Waals surface area contributed by atoms with Crippen LogP contribution in [0.25, 0.3) is 0 Å². The molecule has 0 saturated heterocycles. The molecule has 1 aliphatic carbocycles. The molecule has 0 aliphatic heterocycles. The monoisotopic (exact) mass is 201 g/mol. The van der Waals surface area contributed by atoms with Crippen molar-refractivity contribution in [3.05, 3.63) is 0 Å². The number of aliphatic hydroxyl groups is 1. The Morgan fingerprint density at radius 3 is 2.93 bits per heavy atom. The second-order valence-corrected chi connectivity index (χ2v) is 3.81. The fourth-order valence-corrected chi connectivity index (χ4v) is 1.78. The lowest BCUT2D eigenvalue weighted by atomic mass is 10.1. The quantitative estimate of drug-likeness (QED) is 0.672. The van der Waals surface area contributed by atoms with E-state index in [2.05, 4.69) is 5.32 Å². The third kappa shape index (κ3) is 3.64. The molecule has 4 nitrogen and oxygen atoms in total. The number of hydrogen-bond donors (Lipinski definition) is 2. The summed E-state index contributed by atoms with van der Waals surface area (Å²) in [4.78, 5) is 11.2. The number of methoxy groups -OCH3 is 1. The molecule has 1 fully saturated rings. The van der Waals surface area contributed by atoms with Crippen molar-refractivity contribution in [1.29, 1.82) is 0 Å². The van der Waals surface area contributed by atoms with Gasteiger partial charge >= 0.3 is 0 Å². The van der Waals surface area contributed by atoms with Crippen LogP contribution in [-0.2, 0) is 9.53 Å². The van der Waals surface area contributed by atoms with Crippen molar-refractivity contribution in [3.8, 4) is 0 Å². The molecule has 0 aromatic heterocycles. The predicted molar refractivity (Wildman–Crippen MR) is 52.9 cm³/mol. The van der Waals surface area contributed by atoms with E-state index in [1.54, 1.807) is 7.11 Å². The van der Waals surface area contributed by atoms with E-state index in [-0.39, 0.29) is 17.9 Å². The standard InChI is InChI=1S/C10H19NO3/c1-14-6-5-10(13)11-7-8-3-2-4-9(8)12/h8-9,12H,2-7H2,1H3,(H,11,13). The van der Waals surface area contributed by atoms with Crippen molar-refractivity contribution in [2.45, 2.75) is 31.8 Å². The maximum atomic E-state index is 11.2. The normalized spacial score (nSPS) is 26.4. The number of rotatable bonds is 5. The Morgan fingerprint density at radius 1 is 1.57 bits per heavy atom. The molecule has 0 spiro atoms. The first-order chi connectivity index (χ1) is 6.74. The van der Waals surface area contributed by atoms with Crippen LogP contribution in [0, 0.1) is 5.92 Å². The lowest BCUT2D eigenvalue weighted by molar-refractivity contribution is -0.122. The maximum Gasteiger partial charge on any atom is 0.222 e. The number of aliphatic hydroxyl groups excluding tert-OH is 1. The highest BCUT2D eigenvalue weighted by Gasteiger charge is 2.25. The number of carbonyl (C=O) groups excluding carboxylic acids is 1. The molecular formula is C10H19NO3. The van der Waals surface area contributed by atoms with Gasteiger partial charge in [0.2, 0.25) is 5.91 Å². The van der Waals surface area contributed by atoms with Gasteiger partial charge in [-0.3, -0.25) is 4.79 Å². The zero-order chi connectivity index (χ0) is 10.4. The van der Waals surface area contributed by atoms with Gasteiger partial charge in [-0.1, -0.05) is 6.42 Å². The minimum absolute atomic E-state index is 0.00551. The van der Waals surface area contributed by atoms with Gasteiger partial charge in [0, 0.05) is 26.0 Å². The summed E-state index contributed by atoms with van der Waals surface area (Å²) < 4.78 is 4.80. The predicted octanol–water partition coefficient (Wildman–Crippen LogP) is 0.300. The highest BCUT2D eigenvalue weighted by molar-refractivity contribution is 5.75. The van der Waals surface area contributed by atoms with Crippen molar-refractivity contribution in [1.82, 2.24) is 5.32 Å². The van der Waals surface area contributed by atoms with Crippen LogP contribution in [0.3, 0.4) is 0 Å². The lowest BCUT2D eigenvalue weighted by Gasteiger charge is -2.14. The van der Waals surface area contributed by atoms with Gasteiger partial charge in [-0.05, 0) is 12.8 Å². The summed E-state index contributed by atoms with van der Waals surface area (Å²) in [6.07, 6.45) is 3.14. The van der Waals surface area contributed by atoms with Gasteiger partial charge in [-0.15, -0.1) is 0 Å². The number of amides is 1. The molecule has 1 saturated carbocycles. The highest BCUT2D eigenvalue weighted by Crippen LogP contribution is 2.24. The minimum Gasteiger partial charge on any atom is -0.393 e. The third-order valence-electron chi connectivity index (χ3n) is 2.71. The van der Waals surface area contributed by atoms with E-state index in [1.807, 2.05) is 0 Å². The first-order valence-electron chi connectivity index (χ1n) is 5.17. The molecular weight excluding hydrogens is 182 g/mol. The average Bonchev–Trinajstić information content (AvgIpc) is 2.58. The van der Waals surface area contributed by atoms with E-state index in [9.17, 15) is 9.90 Å². The van der Waals surface area contributed by atoms with Crippen LogP contribution in [0.2, 0.25) is 0 Å². The first-order valence-corrected chi connectivity index (χ1v) is 5.17. The van der Waals surface area contributed by atoms with E-state index in [1.165, 1.54) is 0 Å². The van der Waals surface area contributed by atoms with Gasteiger partial charge in [0.1, 0.15) is 0 Å². The summed E-state index contributed by atoms with van der Waals surface area (Å²) >= 11 is 0. The summed E-state index contributed by atoms with van der Waals surface area (Å²) in [5.74, 6) is 0.257. The van der Waals surface area contributed by atoms with Gasteiger partial charge in [0.05, 0.1) is 12.7 Å². The van der Waals surface area contributed by atoms with Crippen molar-refractivity contribution in [3.63, 3.8) is 0 Å². The van der Waals surface area contributed by atoms with Gasteiger partial charge in [-0.25, -0.2) is 0 Å². The molecule has 2 N–H and O–H groups in total. The van der Waals surface area contributed by atoms with Crippen LogP contribution < -0.4 is 5.32 Å². The van der Waals surface area contributed by atoms with Crippen LogP contribution in [0.4, 0.5) is 0 Å². The molecule has 0 bridgehead atoms. The van der Waals surface area contributed by atoms with E-state index in [0.29, 0.717) is 19.6 Å². The van der Waals surface area contributed by atoms with Crippen molar-refractivity contribution >= 4 is 5.91 Å². The molecule has 1 rings (SSSR count).